The number of amides is 3. The molecular formula is C21H19N3O4. The summed E-state index contributed by atoms with van der Waals surface area (Å²) in [6.07, 6.45) is 1.59. The first-order valence-electron chi connectivity index (χ1n) is 8.70. The number of rotatable bonds is 6. The Morgan fingerprint density at radius 3 is 2.64 bits per heavy atom. The van der Waals surface area contributed by atoms with Crippen molar-refractivity contribution in [3.63, 3.8) is 0 Å². The van der Waals surface area contributed by atoms with Gasteiger partial charge in [0.15, 0.2) is 11.5 Å². The van der Waals surface area contributed by atoms with Crippen molar-refractivity contribution in [2.45, 2.75) is 13.5 Å². The summed E-state index contributed by atoms with van der Waals surface area (Å²) in [5, 5.41) is 11.7. The number of urea groups is 1. The molecule has 0 aromatic heterocycles. The second kappa shape index (κ2) is 8.27. The van der Waals surface area contributed by atoms with E-state index in [1.165, 1.54) is 7.11 Å². The molecule has 0 aliphatic carbocycles. The van der Waals surface area contributed by atoms with Gasteiger partial charge < -0.3 is 14.8 Å². The number of hydrogen-bond donors (Lipinski definition) is 1. The highest BCUT2D eigenvalue weighted by Gasteiger charge is 2.32. The third-order valence-corrected chi connectivity index (χ3v) is 4.30. The lowest BCUT2D eigenvalue weighted by Crippen LogP contribution is -2.30. The van der Waals surface area contributed by atoms with Crippen molar-refractivity contribution >= 4 is 18.0 Å². The van der Waals surface area contributed by atoms with E-state index >= 15 is 0 Å². The van der Waals surface area contributed by atoms with Crippen LogP contribution in [0.2, 0.25) is 0 Å². The molecule has 0 spiro atoms. The second-order valence-electron chi connectivity index (χ2n) is 6.01. The standard InChI is InChI=1S/C21H19N3O4/c1-3-24-20(25)17(23-21(24)26)10-14-8-9-18(19(11-14)27-2)28-13-16-7-5-4-6-15(16)12-22/h4-11H,3,13H2,1-2H3,(H,23,26)/b17-10+. The molecular weight excluding hydrogens is 358 g/mol. The van der Waals surface area contributed by atoms with Gasteiger partial charge in [0, 0.05) is 12.1 Å². The smallest absolute Gasteiger partial charge is 0.328 e. The highest BCUT2D eigenvalue weighted by Crippen LogP contribution is 2.30. The van der Waals surface area contributed by atoms with Crippen LogP contribution in [-0.4, -0.2) is 30.5 Å². The second-order valence-corrected chi connectivity index (χ2v) is 6.01. The number of carbonyl (C=O) groups is 2. The summed E-state index contributed by atoms with van der Waals surface area (Å²) in [4.78, 5) is 25.1. The number of hydrogen-bond acceptors (Lipinski definition) is 5. The maximum atomic E-state index is 12.2. The van der Waals surface area contributed by atoms with Crippen molar-refractivity contribution in [1.29, 1.82) is 5.26 Å². The highest BCUT2D eigenvalue weighted by atomic mass is 16.5. The first-order chi connectivity index (χ1) is 13.6. The predicted molar refractivity (Wildman–Crippen MR) is 102 cm³/mol. The number of carbonyl (C=O) groups excluding carboxylic acids is 2. The average molecular weight is 377 g/mol. The molecule has 0 radical (unpaired) electrons. The van der Waals surface area contributed by atoms with Crippen LogP contribution >= 0.6 is 0 Å². The Morgan fingerprint density at radius 2 is 1.96 bits per heavy atom. The molecule has 2 aromatic rings. The molecule has 0 unspecified atom stereocenters. The van der Waals surface area contributed by atoms with Gasteiger partial charge in [-0.2, -0.15) is 5.26 Å². The summed E-state index contributed by atoms with van der Waals surface area (Å²) in [5.74, 6) is 0.627. The van der Waals surface area contributed by atoms with Crippen molar-refractivity contribution in [1.82, 2.24) is 10.2 Å². The van der Waals surface area contributed by atoms with Crippen molar-refractivity contribution < 1.29 is 19.1 Å². The fourth-order valence-electron chi connectivity index (χ4n) is 2.83. The van der Waals surface area contributed by atoms with E-state index < -0.39 is 6.03 Å². The molecule has 0 saturated carbocycles. The van der Waals surface area contributed by atoms with Crippen LogP contribution in [0.4, 0.5) is 4.79 Å². The minimum absolute atomic E-state index is 0.213. The molecule has 1 aliphatic heterocycles. The normalized spacial score (nSPS) is 14.8. The van der Waals surface area contributed by atoms with Crippen LogP contribution in [0.3, 0.4) is 0 Å². The summed E-state index contributed by atoms with van der Waals surface area (Å²) in [6, 6.07) is 14.1. The zero-order valence-corrected chi connectivity index (χ0v) is 15.6. The molecule has 7 heteroatoms. The number of nitriles is 1. The Labute approximate surface area is 162 Å². The van der Waals surface area contributed by atoms with Crippen molar-refractivity contribution in [3.05, 3.63) is 64.9 Å². The fourth-order valence-corrected chi connectivity index (χ4v) is 2.83. The van der Waals surface area contributed by atoms with E-state index in [1.54, 1.807) is 43.3 Å². The number of methoxy groups -OCH3 is 1. The van der Waals surface area contributed by atoms with E-state index in [0.29, 0.717) is 29.2 Å². The fraction of sp³-hybridized carbons (Fsp3) is 0.190. The van der Waals surface area contributed by atoms with Crippen LogP contribution in [0.1, 0.15) is 23.6 Å². The van der Waals surface area contributed by atoms with Crippen LogP contribution in [-0.2, 0) is 11.4 Å². The molecule has 3 amide bonds. The van der Waals surface area contributed by atoms with E-state index in [0.717, 1.165) is 10.5 Å². The summed E-state index contributed by atoms with van der Waals surface area (Å²) in [5.41, 5.74) is 2.23. The van der Waals surface area contributed by atoms with Gasteiger partial charge in [-0.1, -0.05) is 24.3 Å². The van der Waals surface area contributed by atoms with Crippen LogP contribution in [0.15, 0.2) is 48.2 Å². The zero-order valence-electron chi connectivity index (χ0n) is 15.6. The van der Waals surface area contributed by atoms with E-state index in [4.69, 9.17) is 14.7 Å². The predicted octanol–water partition coefficient (Wildman–Crippen LogP) is 3.06. The lowest BCUT2D eigenvalue weighted by molar-refractivity contribution is -0.122. The number of nitrogens with one attached hydrogen (secondary N) is 1. The monoisotopic (exact) mass is 377 g/mol. The van der Waals surface area contributed by atoms with E-state index in [1.807, 2.05) is 12.1 Å². The minimum atomic E-state index is -0.429. The SMILES string of the molecule is CCN1C(=O)N/C(=C/c2ccc(OCc3ccccc3C#N)c(OC)c2)C1=O. The van der Waals surface area contributed by atoms with Crippen molar-refractivity contribution in [2.75, 3.05) is 13.7 Å². The quantitative estimate of drug-likeness (QED) is 0.617. The Kier molecular flexibility index (Phi) is 5.61. The number of benzene rings is 2. The largest absolute Gasteiger partial charge is 0.493 e. The third-order valence-electron chi connectivity index (χ3n) is 4.30. The number of nitrogens with zero attached hydrogens (tertiary/aromatic N) is 2. The van der Waals surface area contributed by atoms with Gasteiger partial charge >= 0.3 is 6.03 Å². The zero-order chi connectivity index (χ0) is 20.1. The van der Waals surface area contributed by atoms with Gasteiger partial charge in [0.2, 0.25) is 0 Å². The molecule has 2 aromatic carbocycles. The first kappa shape index (κ1) is 19.0. The molecule has 7 nitrogen and oxygen atoms in total. The molecule has 28 heavy (non-hydrogen) atoms. The van der Waals surface area contributed by atoms with Crippen molar-refractivity contribution in [2.24, 2.45) is 0 Å². The Morgan fingerprint density at radius 1 is 1.18 bits per heavy atom. The van der Waals surface area contributed by atoms with E-state index in [2.05, 4.69) is 11.4 Å². The molecule has 1 fully saturated rings. The third kappa shape index (κ3) is 3.81. The number of ether oxygens (including phenoxy) is 2. The summed E-state index contributed by atoms with van der Waals surface area (Å²) < 4.78 is 11.2. The highest BCUT2D eigenvalue weighted by molar-refractivity contribution is 6.13. The number of imide groups is 1. The van der Waals surface area contributed by atoms with Gasteiger partial charge in [0.25, 0.3) is 5.91 Å². The lowest BCUT2D eigenvalue weighted by atomic mass is 10.1. The molecule has 1 heterocycles. The van der Waals surface area contributed by atoms with Crippen LogP contribution < -0.4 is 14.8 Å². The molecule has 142 valence electrons. The average Bonchev–Trinajstić information content (AvgIpc) is 2.99. The Hall–Kier alpha value is -3.79. The van der Waals surface area contributed by atoms with Crippen LogP contribution in [0.25, 0.3) is 6.08 Å². The molecule has 3 rings (SSSR count). The Balaban J connectivity index is 1.79. The van der Waals surface area contributed by atoms with Crippen molar-refractivity contribution in [3.8, 4) is 17.6 Å². The summed E-state index contributed by atoms with van der Waals surface area (Å²) >= 11 is 0. The topological polar surface area (TPSA) is 91.7 Å². The van der Waals surface area contributed by atoms with Gasteiger partial charge in [0.1, 0.15) is 12.3 Å². The maximum Gasteiger partial charge on any atom is 0.328 e. The molecule has 1 N–H and O–H groups in total. The minimum Gasteiger partial charge on any atom is -0.493 e. The maximum absolute atomic E-state index is 12.2. The number of likely N-dealkylation sites (N-methyl/N-ethyl adjacent to an activating group) is 1. The molecule has 1 saturated heterocycles. The van der Waals surface area contributed by atoms with E-state index in [9.17, 15) is 9.59 Å². The lowest BCUT2D eigenvalue weighted by Gasteiger charge is -2.12. The van der Waals surface area contributed by atoms with Gasteiger partial charge in [-0.05, 0) is 36.8 Å². The van der Waals surface area contributed by atoms with Crippen LogP contribution in [0.5, 0.6) is 11.5 Å². The van der Waals surface area contributed by atoms with E-state index in [-0.39, 0.29) is 18.2 Å². The van der Waals surface area contributed by atoms with Crippen LogP contribution in [0, 0.1) is 11.3 Å². The van der Waals surface area contributed by atoms with Gasteiger partial charge in [-0.25, -0.2) is 4.79 Å². The molecule has 1 aliphatic rings. The Bertz CT molecular complexity index is 991. The van der Waals surface area contributed by atoms with Gasteiger partial charge in [0.05, 0.1) is 18.7 Å². The first-order valence-corrected chi connectivity index (χ1v) is 8.70. The van der Waals surface area contributed by atoms with Gasteiger partial charge in [-0.15, -0.1) is 0 Å². The molecule has 0 atom stereocenters. The summed E-state index contributed by atoms with van der Waals surface area (Å²) in [7, 11) is 1.52. The summed E-state index contributed by atoms with van der Waals surface area (Å²) in [6.45, 7) is 2.27. The molecule has 0 bridgehead atoms. The van der Waals surface area contributed by atoms with Gasteiger partial charge in [-0.3, -0.25) is 9.69 Å².